The second kappa shape index (κ2) is 4.49. The molecule has 0 atom stereocenters. The van der Waals surface area contributed by atoms with E-state index in [0.717, 1.165) is 0 Å². The van der Waals surface area contributed by atoms with Gasteiger partial charge < -0.3 is 10.1 Å². The van der Waals surface area contributed by atoms with E-state index in [0.29, 0.717) is 12.5 Å². The van der Waals surface area contributed by atoms with Crippen LogP contribution in [-0.4, -0.2) is 9.38 Å². The van der Waals surface area contributed by atoms with Crippen LogP contribution in [0.15, 0.2) is 24.5 Å². The molecule has 2 heterocycles. The van der Waals surface area contributed by atoms with Crippen molar-refractivity contribution in [1.82, 2.24) is 9.38 Å². The first-order valence-corrected chi connectivity index (χ1v) is 6.54. The van der Waals surface area contributed by atoms with Gasteiger partial charge in [-0.25, -0.2) is 4.98 Å². The van der Waals surface area contributed by atoms with Crippen LogP contribution in [0.25, 0.3) is 5.52 Å². The minimum absolute atomic E-state index is 0.595. The number of aromatic nitrogens is 2. The quantitative estimate of drug-likeness (QED) is 0.860. The van der Waals surface area contributed by atoms with E-state index in [1.165, 1.54) is 49.0 Å². The maximum Gasteiger partial charge on any atom is 0.116 e. The predicted octanol–water partition coefficient (Wildman–Crippen LogP) is 2.84. The SMILES string of the molecule is NCc1ccc2cnc(C3CCCCC3)n2c1. The first-order chi connectivity index (χ1) is 8.38. The fourth-order valence-corrected chi connectivity index (χ4v) is 2.84. The molecule has 3 nitrogen and oxygen atoms in total. The number of fused-ring (bicyclic) bond motifs is 1. The molecule has 0 unspecified atom stereocenters. The lowest BCUT2D eigenvalue weighted by Gasteiger charge is -2.20. The molecule has 0 spiro atoms. The van der Waals surface area contributed by atoms with E-state index < -0.39 is 0 Å². The zero-order valence-electron chi connectivity index (χ0n) is 10.1. The summed E-state index contributed by atoms with van der Waals surface area (Å²) in [7, 11) is 0. The van der Waals surface area contributed by atoms with Gasteiger partial charge in [0.1, 0.15) is 5.82 Å². The van der Waals surface area contributed by atoms with Crippen molar-refractivity contribution in [1.29, 1.82) is 0 Å². The Bertz CT molecular complexity index is 509. The number of hydrogen-bond donors (Lipinski definition) is 1. The highest BCUT2D eigenvalue weighted by Crippen LogP contribution is 2.32. The van der Waals surface area contributed by atoms with Gasteiger partial charge in [-0.15, -0.1) is 0 Å². The summed E-state index contributed by atoms with van der Waals surface area (Å²) in [6, 6.07) is 4.20. The Kier molecular flexibility index (Phi) is 2.85. The third-order valence-corrected chi connectivity index (χ3v) is 3.82. The van der Waals surface area contributed by atoms with Crippen LogP contribution in [0.1, 0.15) is 49.4 Å². The molecule has 1 aliphatic carbocycles. The van der Waals surface area contributed by atoms with Crippen LogP contribution in [0.5, 0.6) is 0 Å². The molecule has 2 aromatic heterocycles. The van der Waals surface area contributed by atoms with Crippen molar-refractivity contribution >= 4 is 5.52 Å². The molecular formula is C14H19N3. The summed E-state index contributed by atoms with van der Waals surface area (Å²) in [6.45, 7) is 0.595. The molecule has 1 saturated carbocycles. The average Bonchev–Trinajstić information content (AvgIpc) is 2.82. The number of nitrogens with two attached hydrogens (primary N) is 1. The van der Waals surface area contributed by atoms with Crippen molar-refractivity contribution < 1.29 is 0 Å². The first kappa shape index (κ1) is 10.8. The van der Waals surface area contributed by atoms with Crippen molar-refractivity contribution in [3.05, 3.63) is 35.9 Å². The number of nitrogens with zero attached hydrogens (tertiary/aromatic N) is 2. The third-order valence-electron chi connectivity index (χ3n) is 3.82. The molecule has 3 rings (SSSR count). The molecule has 3 heteroatoms. The van der Waals surface area contributed by atoms with E-state index in [1.54, 1.807) is 0 Å². The smallest absolute Gasteiger partial charge is 0.116 e. The van der Waals surface area contributed by atoms with Crippen molar-refractivity contribution in [2.75, 3.05) is 0 Å². The van der Waals surface area contributed by atoms with Crippen molar-refractivity contribution in [2.24, 2.45) is 5.73 Å². The summed E-state index contributed by atoms with van der Waals surface area (Å²) in [4.78, 5) is 4.62. The molecule has 1 aliphatic rings. The molecule has 0 saturated heterocycles. The molecular weight excluding hydrogens is 210 g/mol. The monoisotopic (exact) mass is 229 g/mol. The fraction of sp³-hybridized carbons (Fsp3) is 0.500. The van der Waals surface area contributed by atoms with E-state index >= 15 is 0 Å². The maximum absolute atomic E-state index is 5.70. The number of hydrogen-bond acceptors (Lipinski definition) is 2. The zero-order chi connectivity index (χ0) is 11.7. The Hall–Kier alpha value is -1.35. The van der Waals surface area contributed by atoms with Crippen LogP contribution in [0.3, 0.4) is 0 Å². The number of pyridine rings is 1. The highest BCUT2D eigenvalue weighted by Gasteiger charge is 2.19. The van der Waals surface area contributed by atoms with Gasteiger partial charge in [0, 0.05) is 18.7 Å². The van der Waals surface area contributed by atoms with Crippen molar-refractivity contribution in [2.45, 2.75) is 44.6 Å². The van der Waals surface area contributed by atoms with Gasteiger partial charge >= 0.3 is 0 Å². The lowest BCUT2D eigenvalue weighted by Crippen LogP contribution is -2.09. The van der Waals surface area contributed by atoms with Crippen LogP contribution in [0.4, 0.5) is 0 Å². The molecule has 2 N–H and O–H groups in total. The van der Waals surface area contributed by atoms with E-state index in [2.05, 4.69) is 27.7 Å². The molecule has 90 valence electrons. The molecule has 17 heavy (non-hydrogen) atoms. The number of rotatable bonds is 2. The summed E-state index contributed by atoms with van der Waals surface area (Å²) in [5.41, 5.74) is 8.06. The van der Waals surface area contributed by atoms with E-state index in [-0.39, 0.29) is 0 Å². The van der Waals surface area contributed by atoms with E-state index in [1.807, 2.05) is 6.20 Å². The van der Waals surface area contributed by atoms with Gasteiger partial charge in [0.25, 0.3) is 0 Å². The van der Waals surface area contributed by atoms with Gasteiger partial charge in [-0.05, 0) is 24.5 Å². The maximum atomic E-state index is 5.70. The molecule has 1 fully saturated rings. The van der Waals surface area contributed by atoms with Crippen LogP contribution >= 0.6 is 0 Å². The van der Waals surface area contributed by atoms with Gasteiger partial charge in [-0.3, -0.25) is 0 Å². The normalized spacial score (nSPS) is 17.7. The summed E-state index contributed by atoms with van der Waals surface area (Å²) in [5.74, 6) is 1.87. The number of imidazole rings is 1. The van der Waals surface area contributed by atoms with Crippen LogP contribution in [0.2, 0.25) is 0 Å². The second-order valence-electron chi connectivity index (χ2n) is 4.99. The second-order valence-corrected chi connectivity index (χ2v) is 4.99. The van der Waals surface area contributed by atoms with Crippen LogP contribution < -0.4 is 5.73 Å². The standard InChI is InChI=1S/C14H19N3/c15-8-11-6-7-13-9-16-14(17(13)10-11)12-4-2-1-3-5-12/h6-7,9-10,12H,1-5,8,15H2. The van der Waals surface area contributed by atoms with Crippen LogP contribution in [0, 0.1) is 0 Å². The van der Waals surface area contributed by atoms with E-state index in [4.69, 9.17) is 5.73 Å². The minimum Gasteiger partial charge on any atom is -0.326 e. The Morgan fingerprint density at radius 3 is 2.82 bits per heavy atom. The summed E-state index contributed by atoms with van der Waals surface area (Å²) in [5, 5.41) is 0. The molecule has 0 bridgehead atoms. The Labute approximate surface area is 102 Å². The molecule has 0 radical (unpaired) electrons. The highest BCUT2D eigenvalue weighted by atomic mass is 15.0. The fourth-order valence-electron chi connectivity index (χ4n) is 2.84. The van der Waals surface area contributed by atoms with E-state index in [9.17, 15) is 0 Å². The van der Waals surface area contributed by atoms with Gasteiger partial charge in [-0.2, -0.15) is 0 Å². The molecule has 0 aliphatic heterocycles. The summed E-state index contributed by atoms with van der Waals surface area (Å²) >= 11 is 0. The van der Waals surface area contributed by atoms with Crippen molar-refractivity contribution in [3.8, 4) is 0 Å². The highest BCUT2D eigenvalue weighted by molar-refractivity contribution is 5.47. The molecule has 2 aromatic rings. The van der Waals surface area contributed by atoms with Gasteiger partial charge in [0.05, 0.1) is 11.7 Å². The summed E-state index contributed by atoms with van der Waals surface area (Å²) < 4.78 is 2.23. The zero-order valence-corrected chi connectivity index (χ0v) is 10.1. The minimum atomic E-state index is 0.595. The molecule has 0 aromatic carbocycles. The Balaban J connectivity index is 2.02. The van der Waals surface area contributed by atoms with Gasteiger partial charge in [-0.1, -0.05) is 25.3 Å². The van der Waals surface area contributed by atoms with Gasteiger partial charge in [0.15, 0.2) is 0 Å². The largest absolute Gasteiger partial charge is 0.326 e. The molecule has 0 amide bonds. The third kappa shape index (κ3) is 1.95. The predicted molar refractivity (Wildman–Crippen MR) is 68.9 cm³/mol. The topological polar surface area (TPSA) is 43.3 Å². The van der Waals surface area contributed by atoms with Gasteiger partial charge in [0.2, 0.25) is 0 Å². The summed E-state index contributed by atoms with van der Waals surface area (Å²) in [6.07, 6.45) is 10.8. The lowest BCUT2D eigenvalue weighted by molar-refractivity contribution is 0.427. The Morgan fingerprint density at radius 2 is 2.06 bits per heavy atom. The van der Waals surface area contributed by atoms with Crippen LogP contribution in [-0.2, 0) is 6.54 Å². The Morgan fingerprint density at radius 1 is 1.24 bits per heavy atom. The average molecular weight is 229 g/mol. The van der Waals surface area contributed by atoms with Crippen molar-refractivity contribution in [3.63, 3.8) is 0 Å². The first-order valence-electron chi connectivity index (χ1n) is 6.54. The lowest BCUT2D eigenvalue weighted by atomic mass is 9.89.